The van der Waals surface area contributed by atoms with Crippen molar-refractivity contribution in [3.05, 3.63) is 131 Å². The Morgan fingerprint density at radius 2 is 1.61 bits per heavy atom. The number of fused-ring (bicyclic) bond motifs is 3. The molecule has 0 bridgehead atoms. The normalized spacial score (nSPS) is 17.1. The van der Waals surface area contributed by atoms with Gasteiger partial charge in [0.1, 0.15) is 5.75 Å². The maximum Gasteiger partial charge on any atom is 0.264 e. The summed E-state index contributed by atoms with van der Waals surface area (Å²) in [6.07, 6.45) is 4.44. The summed E-state index contributed by atoms with van der Waals surface area (Å²) in [6.45, 7) is 7.22. The Balaban J connectivity index is 1.10. The Morgan fingerprint density at radius 1 is 0.870 bits per heavy atom. The quantitative estimate of drug-likeness (QED) is 0.194. The number of likely N-dealkylation sites (N-methyl/N-ethyl adjacent to an activating group) is 1. The van der Waals surface area contributed by atoms with Gasteiger partial charge in [-0.05, 0) is 92.2 Å². The maximum absolute atomic E-state index is 15.0. The van der Waals surface area contributed by atoms with Crippen molar-refractivity contribution < 1.29 is 24.2 Å². The van der Waals surface area contributed by atoms with Crippen LogP contribution in [0.4, 0.5) is 11.4 Å². The van der Waals surface area contributed by atoms with E-state index in [1.807, 2.05) is 65.1 Å². The largest absolute Gasteiger partial charge is 0.508 e. The van der Waals surface area contributed by atoms with Crippen molar-refractivity contribution in [2.75, 3.05) is 51.5 Å². The fourth-order valence-electron chi connectivity index (χ4n) is 8.02. The van der Waals surface area contributed by atoms with E-state index in [0.29, 0.717) is 46.2 Å². The number of aryl methyl sites for hydroxylation is 1. The van der Waals surface area contributed by atoms with Gasteiger partial charge in [-0.3, -0.25) is 19.4 Å². The van der Waals surface area contributed by atoms with Crippen molar-refractivity contribution in [2.45, 2.75) is 25.9 Å². The van der Waals surface area contributed by atoms with Gasteiger partial charge in [0.15, 0.2) is 11.5 Å². The first kappa shape index (κ1) is 33.8. The number of carbonyl (C=O) groups is 2. The Kier molecular flexibility index (Phi) is 8.59. The molecule has 54 heavy (non-hydrogen) atoms. The van der Waals surface area contributed by atoms with Crippen molar-refractivity contribution in [1.29, 1.82) is 0 Å². The minimum absolute atomic E-state index is 0.0202. The second-order valence-electron chi connectivity index (χ2n) is 14.5. The van der Waals surface area contributed by atoms with Gasteiger partial charge in [-0.2, -0.15) is 0 Å². The molecule has 2 amide bonds. The standard InChI is InChI=1S/C43H42N6O5/c1-28-19-32(42(51)49(33-7-10-36(50)11-8-33)34-9-12-38-30(21-34)13-14-44-38)25-47(28)39-23-41-40(53-27-54-41)22-37(39)43(52)48-24-31-6-4-3-5-29(31)20-35(48)26-46-17-15-45(2)16-18-46/h3-14,19,21-23,25,35,44,50H,15-18,20,24,26-27H2,1-2H3/t35-/m0/s1. The highest BCUT2D eigenvalue weighted by atomic mass is 16.7. The molecule has 0 aliphatic carbocycles. The monoisotopic (exact) mass is 722 g/mol. The molecule has 3 aliphatic heterocycles. The summed E-state index contributed by atoms with van der Waals surface area (Å²) in [6, 6.07) is 28.2. The van der Waals surface area contributed by atoms with Crippen molar-refractivity contribution in [3.8, 4) is 22.9 Å². The Bertz CT molecular complexity index is 2370. The van der Waals surface area contributed by atoms with E-state index >= 15 is 4.79 Å². The van der Waals surface area contributed by atoms with Gasteiger partial charge in [0.25, 0.3) is 11.8 Å². The molecule has 1 saturated heterocycles. The van der Waals surface area contributed by atoms with Gasteiger partial charge in [-0.25, -0.2) is 0 Å². The SMILES string of the molecule is Cc1cc(C(=O)N(c2ccc(O)cc2)c2ccc3[nH]ccc3c2)cn1-c1cc2c(cc1C(=O)N1Cc3ccccc3C[C@H]1CN1CCN(C)CC1)OCO2. The number of aromatic nitrogens is 2. The molecule has 2 aromatic heterocycles. The molecule has 4 aromatic carbocycles. The minimum atomic E-state index is -0.258. The molecular weight excluding hydrogens is 681 g/mol. The Labute approximate surface area is 313 Å². The Hall–Kier alpha value is -6.04. The number of phenolic OH excluding ortho intramolecular Hbond substituents is 1. The van der Waals surface area contributed by atoms with Crippen LogP contribution in [0.1, 0.15) is 37.5 Å². The molecule has 3 aliphatic rings. The van der Waals surface area contributed by atoms with E-state index < -0.39 is 0 Å². The number of nitrogens with zero attached hydrogens (tertiary/aromatic N) is 5. The lowest BCUT2D eigenvalue weighted by Crippen LogP contribution is -2.53. The number of H-pyrrole nitrogens is 1. The van der Waals surface area contributed by atoms with Gasteiger partial charge in [0.2, 0.25) is 6.79 Å². The van der Waals surface area contributed by atoms with Gasteiger partial charge in [-0.1, -0.05) is 24.3 Å². The molecule has 274 valence electrons. The molecule has 2 N–H and O–H groups in total. The third-order valence-electron chi connectivity index (χ3n) is 11.0. The first-order valence-corrected chi connectivity index (χ1v) is 18.4. The average Bonchev–Trinajstić information content (AvgIpc) is 3.95. The summed E-state index contributed by atoms with van der Waals surface area (Å²) in [7, 11) is 2.15. The molecule has 11 heteroatoms. The van der Waals surface area contributed by atoms with Crippen LogP contribution in [0.5, 0.6) is 17.2 Å². The van der Waals surface area contributed by atoms with Crippen LogP contribution in [0, 0.1) is 6.92 Å². The van der Waals surface area contributed by atoms with Crippen LogP contribution in [0.25, 0.3) is 16.6 Å². The average molecular weight is 723 g/mol. The number of ether oxygens (including phenoxy) is 2. The molecule has 1 fully saturated rings. The van der Waals surface area contributed by atoms with Crippen LogP contribution < -0.4 is 14.4 Å². The number of benzene rings is 4. The van der Waals surface area contributed by atoms with E-state index in [1.54, 1.807) is 41.4 Å². The number of hydrogen-bond acceptors (Lipinski definition) is 7. The molecule has 6 aromatic rings. The van der Waals surface area contributed by atoms with E-state index in [9.17, 15) is 9.90 Å². The zero-order valence-corrected chi connectivity index (χ0v) is 30.4. The minimum Gasteiger partial charge on any atom is -0.508 e. The van der Waals surface area contributed by atoms with E-state index in [2.05, 4.69) is 40.0 Å². The highest BCUT2D eigenvalue weighted by Crippen LogP contribution is 2.39. The lowest BCUT2D eigenvalue weighted by Gasteiger charge is -2.41. The number of aromatic hydroxyl groups is 1. The number of amides is 2. The number of hydrogen-bond donors (Lipinski definition) is 2. The van der Waals surface area contributed by atoms with Crippen LogP contribution in [0.3, 0.4) is 0 Å². The molecule has 0 saturated carbocycles. The molecule has 11 nitrogen and oxygen atoms in total. The lowest BCUT2D eigenvalue weighted by molar-refractivity contribution is 0.0535. The summed E-state index contributed by atoms with van der Waals surface area (Å²) in [5, 5.41) is 11.0. The van der Waals surface area contributed by atoms with Gasteiger partial charge in [0.05, 0.1) is 16.8 Å². The predicted molar refractivity (Wildman–Crippen MR) is 207 cm³/mol. The number of nitrogens with one attached hydrogen (secondary N) is 1. The smallest absolute Gasteiger partial charge is 0.264 e. The van der Waals surface area contributed by atoms with Gasteiger partial charge in [-0.15, -0.1) is 0 Å². The third kappa shape index (κ3) is 6.25. The zero-order chi connectivity index (χ0) is 36.9. The highest BCUT2D eigenvalue weighted by molar-refractivity contribution is 6.12. The fourth-order valence-corrected chi connectivity index (χ4v) is 8.02. The van der Waals surface area contributed by atoms with Crippen LogP contribution in [-0.2, 0) is 13.0 Å². The summed E-state index contributed by atoms with van der Waals surface area (Å²) in [5.41, 5.74) is 6.98. The van der Waals surface area contributed by atoms with E-state index in [-0.39, 0.29) is 30.4 Å². The van der Waals surface area contributed by atoms with E-state index in [1.165, 1.54) is 5.56 Å². The van der Waals surface area contributed by atoms with Crippen molar-refractivity contribution in [3.63, 3.8) is 0 Å². The number of aromatic amines is 1. The third-order valence-corrected chi connectivity index (χ3v) is 11.0. The van der Waals surface area contributed by atoms with Crippen LogP contribution >= 0.6 is 0 Å². The number of rotatable bonds is 7. The Morgan fingerprint density at radius 3 is 2.41 bits per heavy atom. The first-order valence-electron chi connectivity index (χ1n) is 18.4. The summed E-state index contributed by atoms with van der Waals surface area (Å²) in [4.78, 5) is 41.4. The molecule has 9 rings (SSSR count). The summed E-state index contributed by atoms with van der Waals surface area (Å²) in [5.74, 6) is 0.826. The highest BCUT2D eigenvalue weighted by Gasteiger charge is 2.35. The predicted octanol–water partition coefficient (Wildman–Crippen LogP) is 6.49. The van der Waals surface area contributed by atoms with Gasteiger partial charge in [0, 0.05) is 91.7 Å². The number of piperazine rings is 1. The molecule has 0 spiro atoms. The topological polar surface area (TPSA) is 107 Å². The second-order valence-corrected chi connectivity index (χ2v) is 14.5. The van der Waals surface area contributed by atoms with Crippen LogP contribution in [0.2, 0.25) is 0 Å². The van der Waals surface area contributed by atoms with Gasteiger partial charge < -0.3 is 33.9 Å². The van der Waals surface area contributed by atoms with Crippen molar-refractivity contribution in [2.24, 2.45) is 0 Å². The first-order chi connectivity index (χ1) is 26.3. The van der Waals surface area contributed by atoms with E-state index in [0.717, 1.165) is 61.3 Å². The van der Waals surface area contributed by atoms with Crippen molar-refractivity contribution >= 4 is 34.1 Å². The molecule has 0 unspecified atom stereocenters. The molecular formula is C43H42N6O5. The van der Waals surface area contributed by atoms with Crippen LogP contribution in [0.15, 0.2) is 103 Å². The molecule has 1 atom stereocenters. The van der Waals surface area contributed by atoms with Crippen LogP contribution in [-0.4, -0.2) is 93.8 Å². The zero-order valence-electron chi connectivity index (χ0n) is 30.4. The van der Waals surface area contributed by atoms with Crippen molar-refractivity contribution in [1.82, 2.24) is 24.3 Å². The summed E-state index contributed by atoms with van der Waals surface area (Å²) >= 11 is 0. The second kappa shape index (κ2) is 13.7. The fraction of sp³-hybridized carbons (Fsp3) is 0.256. The number of phenols is 1. The van der Waals surface area contributed by atoms with Gasteiger partial charge >= 0.3 is 0 Å². The summed E-state index contributed by atoms with van der Waals surface area (Å²) < 4.78 is 13.6. The van der Waals surface area contributed by atoms with E-state index in [4.69, 9.17) is 9.47 Å². The molecule has 5 heterocycles. The number of anilines is 2. The maximum atomic E-state index is 15.0. The lowest BCUT2D eigenvalue weighted by atomic mass is 9.92. The number of carbonyl (C=O) groups excluding carboxylic acids is 2. The molecule has 0 radical (unpaired) electrons.